The third-order valence-corrected chi connectivity index (χ3v) is 0.979. The lowest BCUT2D eigenvalue weighted by Gasteiger charge is -2.10. The first-order chi connectivity index (χ1) is 4.83. The maximum Gasteiger partial charge on any atom is 0.401 e. The summed E-state index contributed by atoms with van der Waals surface area (Å²) in [5, 5.41) is 9.95. The molecule has 3 nitrogen and oxygen atoms in total. The van der Waals surface area contributed by atoms with Gasteiger partial charge in [-0.05, 0) is 6.92 Å². The predicted octanol–water partition coefficient (Wildman–Crippen LogP) is 0.611. The van der Waals surface area contributed by atoms with Gasteiger partial charge in [0.15, 0.2) is 0 Å². The highest BCUT2D eigenvalue weighted by Crippen LogP contribution is 2.12. The summed E-state index contributed by atoms with van der Waals surface area (Å²) >= 11 is 0. The Labute approximate surface area is 61.2 Å². The van der Waals surface area contributed by atoms with Crippen LogP contribution in [0.5, 0.6) is 0 Å². The average molecular weight is 171 g/mol. The Bertz CT molecular complexity index is 145. The second-order valence-corrected chi connectivity index (χ2v) is 2.06. The van der Waals surface area contributed by atoms with Gasteiger partial charge in [-0.25, -0.2) is 0 Å². The molecule has 6 heteroatoms. The molecular weight excluding hydrogens is 163 g/mol. The zero-order valence-corrected chi connectivity index (χ0v) is 5.77. The van der Waals surface area contributed by atoms with Gasteiger partial charge in [0.1, 0.15) is 6.04 Å². The maximum absolute atomic E-state index is 11.4. The lowest BCUT2D eigenvalue weighted by atomic mass is 10.3. The summed E-state index contributed by atoms with van der Waals surface area (Å²) in [6, 6.07) is -1.17. The Morgan fingerprint density at radius 3 is 2.36 bits per heavy atom. The van der Waals surface area contributed by atoms with Crippen LogP contribution in [0.15, 0.2) is 0 Å². The molecule has 0 unspecified atom stereocenters. The van der Waals surface area contributed by atoms with Crippen LogP contribution in [-0.4, -0.2) is 29.8 Å². The number of carbonyl (C=O) groups is 1. The van der Waals surface area contributed by atoms with Gasteiger partial charge >= 0.3 is 12.1 Å². The first kappa shape index (κ1) is 10.2. The second-order valence-electron chi connectivity index (χ2n) is 2.06. The monoisotopic (exact) mass is 171 g/mol. The standard InChI is InChI=1S/C5H8F3NO2/c1-3(4(10)11)9-2-5(6,7)8/h3,9H,2H2,1H3,(H,10,11)/t3-/m0/s1. The van der Waals surface area contributed by atoms with E-state index in [-0.39, 0.29) is 0 Å². The Morgan fingerprint density at radius 1 is 1.64 bits per heavy atom. The van der Waals surface area contributed by atoms with E-state index in [1.165, 1.54) is 0 Å². The number of aliphatic carboxylic acids is 1. The minimum atomic E-state index is -4.36. The number of hydrogen-bond donors (Lipinski definition) is 2. The lowest BCUT2D eigenvalue weighted by molar-refractivity contribution is -0.142. The molecule has 1 atom stereocenters. The number of hydrogen-bond acceptors (Lipinski definition) is 2. The zero-order chi connectivity index (χ0) is 9.07. The Morgan fingerprint density at radius 2 is 2.09 bits per heavy atom. The Kier molecular flexibility index (Phi) is 3.31. The van der Waals surface area contributed by atoms with E-state index < -0.39 is 24.7 Å². The molecule has 0 aromatic rings. The Balaban J connectivity index is 3.63. The van der Waals surface area contributed by atoms with Crippen molar-refractivity contribution in [3.8, 4) is 0 Å². The van der Waals surface area contributed by atoms with Crippen LogP contribution in [0, 0.1) is 0 Å². The number of alkyl halides is 3. The molecule has 0 rings (SSSR count). The quantitative estimate of drug-likeness (QED) is 0.654. The fourth-order valence-electron chi connectivity index (χ4n) is 0.356. The van der Waals surface area contributed by atoms with Crippen molar-refractivity contribution in [1.29, 1.82) is 0 Å². The Hall–Kier alpha value is -0.780. The van der Waals surface area contributed by atoms with Gasteiger partial charge in [0.05, 0.1) is 6.54 Å². The van der Waals surface area contributed by atoms with Gasteiger partial charge < -0.3 is 5.11 Å². The van der Waals surface area contributed by atoms with Gasteiger partial charge in [-0.15, -0.1) is 0 Å². The molecule has 66 valence electrons. The topological polar surface area (TPSA) is 49.3 Å². The van der Waals surface area contributed by atoms with E-state index in [0.717, 1.165) is 6.92 Å². The molecule has 0 aromatic heterocycles. The first-order valence-corrected chi connectivity index (χ1v) is 2.86. The lowest BCUT2D eigenvalue weighted by Crippen LogP contribution is -2.39. The van der Waals surface area contributed by atoms with Crippen LogP contribution in [0.1, 0.15) is 6.92 Å². The van der Waals surface area contributed by atoms with Crippen molar-refractivity contribution in [1.82, 2.24) is 5.32 Å². The number of rotatable bonds is 3. The molecule has 0 spiro atoms. The van der Waals surface area contributed by atoms with Crippen LogP contribution >= 0.6 is 0 Å². The molecule has 0 fully saturated rings. The molecular formula is C5H8F3NO2. The van der Waals surface area contributed by atoms with E-state index in [2.05, 4.69) is 0 Å². The van der Waals surface area contributed by atoms with E-state index in [9.17, 15) is 18.0 Å². The van der Waals surface area contributed by atoms with Crippen LogP contribution in [0.2, 0.25) is 0 Å². The van der Waals surface area contributed by atoms with Crippen LogP contribution in [0.3, 0.4) is 0 Å². The fraction of sp³-hybridized carbons (Fsp3) is 0.800. The van der Waals surface area contributed by atoms with Crippen molar-refractivity contribution in [2.24, 2.45) is 0 Å². The summed E-state index contributed by atoms with van der Waals surface area (Å²) in [6.45, 7) is -0.130. The molecule has 0 aromatic carbocycles. The van der Waals surface area contributed by atoms with Crippen LogP contribution in [0.25, 0.3) is 0 Å². The van der Waals surface area contributed by atoms with E-state index in [1.54, 1.807) is 5.32 Å². The number of halogens is 3. The summed E-state index contributed by atoms with van der Waals surface area (Å²) in [6.07, 6.45) is -4.36. The van der Waals surface area contributed by atoms with E-state index in [1.807, 2.05) is 0 Å². The molecule has 0 radical (unpaired) electrons. The van der Waals surface area contributed by atoms with Crippen molar-refractivity contribution in [3.63, 3.8) is 0 Å². The third-order valence-electron chi connectivity index (χ3n) is 0.979. The maximum atomic E-state index is 11.4. The zero-order valence-electron chi connectivity index (χ0n) is 5.77. The van der Waals surface area contributed by atoms with Gasteiger partial charge in [0.2, 0.25) is 0 Å². The van der Waals surface area contributed by atoms with Crippen molar-refractivity contribution in [3.05, 3.63) is 0 Å². The molecule has 0 heterocycles. The highest BCUT2D eigenvalue weighted by Gasteiger charge is 2.28. The normalized spacial score (nSPS) is 14.5. The number of carboxylic acid groups (broad SMARTS) is 1. The number of carboxylic acids is 1. The highest BCUT2D eigenvalue weighted by molar-refractivity contribution is 5.72. The fourth-order valence-corrected chi connectivity index (χ4v) is 0.356. The minimum Gasteiger partial charge on any atom is -0.480 e. The van der Waals surface area contributed by atoms with Gasteiger partial charge in [-0.2, -0.15) is 13.2 Å². The minimum absolute atomic E-state index is 1.15. The molecule has 2 N–H and O–H groups in total. The molecule has 0 saturated carbocycles. The smallest absolute Gasteiger partial charge is 0.401 e. The van der Waals surface area contributed by atoms with Gasteiger partial charge in [0, 0.05) is 0 Å². The molecule has 0 bridgehead atoms. The molecule has 0 saturated heterocycles. The van der Waals surface area contributed by atoms with Gasteiger partial charge in [-0.1, -0.05) is 0 Å². The molecule has 0 aliphatic rings. The van der Waals surface area contributed by atoms with Crippen molar-refractivity contribution < 1.29 is 23.1 Å². The van der Waals surface area contributed by atoms with Gasteiger partial charge in [0.25, 0.3) is 0 Å². The largest absolute Gasteiger partial charge is 0.480 e. The summed E-state index contributed by atoms with van der Waals surface area (Å²) in [4.78, 5) is 9.99. The van der Waals surface area contributed by atoms with Gasteiger partial charge in [-0.3, -0.25) is 10.1 Å². The summed E-state index contributed by atoms with van der Waals surface area (Å²) < 4.78 is 34.3. The SMILES string of the molecule is C[C@H](NCC(F)(F)F)C(=O)O. The summed E-state index contributed by atoms with van der Waals surface area (Å²) in [7, 11) is 0. The molecule has 11 heavy (non-hydrogen) atoms. The molecule has 0 aliphatic carbocycles. The summed E-state index contributed by atoms with van der Waals surface area (Å²) in [5.74, 6) is -1.30. The van der Waals surface area contributed by atoms with E-state index in [4.69, 9.17) is 5.11 Å². The van der Waals surface area contributed by atoms with Crippen LogP contribution in [0.4, 0.5) is 13.2 Å². The van der Waals surface area contributed by atoms with E-state index >= 15 is 0 Å². The second kappa shape index (κ2) is 3.56. The molecule has 0 amide bonds. The third kappa shape index (κ3) is 5.65. The predicted molar refractivity (Wildman–Crippen MR) is 31.2 cm³/mol. The van der Waals surface area contributed by atoms with E-state index in [0.29, 0.717) is 0 Å². The van der Waals surface area contributed by atoms with Crippen molar-refractivity contribution in [2.75, 3.05) is 6.54 Å². The van der Waals surface area contributed by atoms with Crippen molar-refractivity contribution >= 4 is 5.97 Å². The summed E-state index contributed by atoms with van der Waals surface area (Å²) in [5.41, 5.74) is 0. The highest BCUT2D eigenvalue weighted by atomic mass is 19.4. The average Bonchev–Trinajstić information content (AvgIpc) is 1.80. The van der Waals surface area contributed by atoms with Crippen LogP contribution in [-0.2, 0) is 4.79 Å². The van der Waals surface area contributed by atoms with Crippen LogP contribution < -0.4 is 5.32 Å². The van der Waals surface area contributed by atoms with Crippen molar-refractivity contribution in [2.45, 2.75) is 19.1 Å². The molecule has 0 aliphatic heterocycles. The first-order valence-electron chi connectivity index (χ1n) is 2.86. The number of nitrogens with one attached hydrogen (secondary N) is 1.